The number of aromatic nitrogens is 3. The van der Waals surface area contributed by atoms with E-state index in [1.54, 1.807) is 48.5 Å². The van der Waals surface area contributed by atoms with Crippen LogP contribution >= 0.6 is 0 Å². The molecule has 0 saturated carbocycles. The highest BCUT2D eigenvalue weighted by Gasteiger charge is 2.10. The van der Waals surface area contributed by atoms with Crippen LogP contribution in [-0.2, 0) is 0 Å². The summed E-state index contributed by atoms with van der Waals surface area (Å²) in [5.41, 5.74) is 4.68. The van der Waals surface area contributed by atoms with Crippen LogP contribution in [0.2, 0.25) is 0 Å². The fourth-order valence-electron chi connectivity index (χ4n) is 4.04. The van der Waals surface area contributed by atoms with Crippen LogP contribution in [-0.4, -0.2) is 40.9 Å². The molecule has 0 spiro atoms. The van der Waals surface area contributed by atoms with E-state index in [0.717, 1.165) is 33.4 Å². The van der Waals surface area contributed by atoms with Crippen molar-refractivity contribution in [2.45, 2.75) is 6.92 Å². The second-order valence-electron chi connectivity index (χ2n) is 9.02. The number of carbonyl (C=O) groups is 2. The van der Waals surface area contributed by atoms with E-state index >= 15 is 0 Å². The number of nitrogens with one attached hydrogen (secondary N) is 3. The van der Waals surface area contributed by atoms with Crippen molar-refractivity contribution in [1.82, 2.24) is 20.3 Å². The van der Waals surface area contributed by atoms with Crippen molar-refractivity contribution in [3.05, 3.63) is 113 Å². The number of benzene rings is 3. The van der Waals surface area contributed by atoms with Gasteiger partial charge in [-0.2, -0.15) is 0 Å². The molecule has 0 bridgehead atoms. The van der Waals surface area contributed by atoms with E-state index in [-0.39, 0.29) is 17.5 Å². The van der Waals surface area contributed by atoms with E-state index in [1.807, 2.05) is 38.2 Å². The molecule has 0 atom stereocenters. The summed E-state index contributed by atoms with van der Waals surface area (Å²) >= 11 is 0. The number of fused-ring (bicyclic) bond motifs is 1. The normalized spacial score (nSPS) is 10.3. The van der Waals surface area contributed by atoms with Gasteiger partial charge in [-0.05, 0) is 73.2 Å². The van der Waals surface area contributed by atoms with Gasteiger partial charge in [-0.1, -0.05) is 17.9 Å². The van der Waals surface area contributed by atoms with Gasteiger partial charge in [0.1, 0.15) is 29.3 Å². The Morgan fingerprint density at radius 3 is 2.41 bits per heavy atom. The highest BCUT2D eigenvalue weighted by atomic mass is 16.5. The topological polar surface area (TPSA) is 118 Å². The van der Waals surface area contributed by atoms with E-state index < -0.39 is 0 Å². The van der Waals surface area contributed by atoms with Crippen LogP contribution < -0.4 is 20.7 Å². The van der Waals surface area contributed by atoms with Gasteiger partial charge in [0.2, 0.25) is 0 Å². The molecular formula is C32H26N6O3. The van der Waals surface area contributed by atoms with Crippen LogP contribution in [0.3, 0.4) is 0 Å². The third-order valence-electron chi connectivity index (χ3n) is 6.25. The van der Waals surface area contributed by atoms with Gasteiger partial charge in [0.25, 0.3) is 11.8 Å². The van der Waals surface area contributed by atoms with Crippen molar-refractivity contribution < 1.29 is 14.3 Å². The predicted molar refractivity (Wildman–Crippen MR) is 158 cm³/mol. The Morgan fingerprint density at radius 1 is 0.805 bits per heavy atom. The Balaban J connectivity index is 1.28. The second kappa shape index (κ2) is 12.0. The molecule has 0 aliphatic rings. The molecule has 5 rings (SSSR count). The first kappa shape index (κ1) is 26.8. The zero-order valence-corrected chi connectivity index (χ0v) is 22.6. The molecule has 0 unspecified atom stereocenters. The van der Waals surface area contributed by atoms with Gasteiger partial charge in [0.15, 0.2) is 0 Å². The summed E-state index contributed by atoms with van der Waals surface area (Å²) in [6, 6.07) is 21.4. The summed E-state index contributed by atoms with van der Waals surface area (Å²) in [4.78, 5) is 37.4. The smallest absolute Gasteiger partial charge is 0.269 e. The van der Waals surface area contributed by atoms with Crippen molar-refractivity contribution in [1.29, 1.82) is 0 Å². The molecule has 9 nitrogen and oxygen atoms in total. The van der Waals surface area contributed by atoms with Gasteiger partial charge >= 0.3 is 0 Å². The minimum absolute atomic E-state index is 0.256. The minimum atomic E-state index is -0.300. The largest absolute Gasteiger partial charge is 0.457 e. The molecule has 2 heterocycles. The molecular weight excluding hydrogens is 516 g/mol. The first-order valence-corrected chi connectivity index (χ1v) is 12.8. The van der Waals surface area contributed by atoms with Gasteiger partial charge < -0.3 is 20.7 Å². The molecule has 202 valence electrons. The fraction of sp³-hybridized carbons (Fsp3) is 0.0938. The van der Waals surface area contributed by atoms with Crippen LogP contribution in [0.1, 0.15) is 37.5 Å². The van der Waals surface area contributed by atoms with E-state index in [0.29, 0.717) is 22.7 Å². The summed E-state index contributed by atoms with van der Waals surface area (Å²) < 4.78 is 5.83. The van der Waals surface area contributed by atoms with Crippen molar-refractivity contribution in [3.63, 3.8) is 0 Å². The Bertz CT molecular complexity index is 1820. The standard InChI is InChI=1S/C32H26N6O3/c1-20-4-7-23(17-22(20)8-5-21-6-13-27-28(16-21)36-19-37-30(27)33-2)31(39)38-24-9-11-25(12-10-24)41-26-14-15-35-29(18-26)32(40)34-3/h4,6-7,9-19H,1-3H3,(H,34,40)(H,38,39)(H,33,36,37). The quantitative estimate of drug-likeness (QED) is 0.253. The maximum Gasteiger partial charge on any atom is 0.269 e. The average molecular weight is 543 g/mol. The number of carbonyl (C=O) groups excluding carboxylic acids is 2. The Hall–Kier alpha value is -5.75. The zero-order chi connectivity index (χ0) is 28.8. The molecule has 41 heavy (non-hydrogen) atoms. The molecule has 3 aromatic carbocycles. The Kier molecular flexibility index (Phi) is 7.83. The number of aryl methyl sites for hydroxylation is 1. The van der Waals surface area contributed by atoms with Gasteiger partial charge in [0.05, 0.1) is 5.52 Å². The van der Waals surface area contributed by atoms with Crippen LogP contribution in [0.15, 0.2) is 85.3 Å². The lowest BCUT2D eigenvalue weighted by atomic mass is 10.0. The molecule has 3 N–H and O–H groups in total. The molecule has 0 radical (unpaired) electrons. The van der Waals surface area contributed by atoms with Crippen molar-refractivity contribution in [2.75, 3.05) is 24.7 Å². The van der Waals surface area contributed by atoms with E-state index in [4.69, 9.17) is 4.74 Å². The lowest BCUT2D eigenvalue weighted by Crippen LogP contribution is -2.18. The summed E-state index contributed by atoms with van der Waals surface area (Å²) in [5, 5.41) is 9.42. The number of rotatable bonds is 6. The highest BCUT2D eigenvalue weighted by molar-refractivity contribution is 6.04. The highest BCUT2D eigenvalue weighted by Crippen LogP contribution is 2.24. The molecule has 2 aromatic heterocycles. The number of ether oxygens (including phenoxy) is 1. The monoisotopic (exact) mass is 542 g/mol. The number of hydrogen-bond donors (Lipinski definition) is 3. The lowest BCUT2D eigenvalue weighted by molar-refractivity contribution is 0.0957. The third-order valence-corrected chi connectivity index (χ3v) is 6.25. The number of anilines is 2. The maximum atomic E-state index is 13.0. The summed E-state index contributed by atoms with van der Waals surface area (Å²) in [7, 11) is 3.36. The molecule has 0 aliphatic heterocycles. The van der Waals surface area contributed by atoms with E-state index in [9.17, 15) is 9.59 Å². The van der Waals surface area contributed by atoms with Crippen molar-refractivity contribution >= 4 is 34.2 Å². The third kappa shape index (κ3) is 6.29. The summed E-state index contributed by atoms with van der Waals surface area (Å²) in [6.45, 7) is 1.96. The van der Waals surface area contributed by atoms with Crippen LogP contribution in [0.25, 0.3) is 10.9 Å². The van der Waals surface area contributed by atoms with Crippen LogP contribution in [0, 0.1) is 18.8 Å². The lowest BCUT2D eigenvalue weighted by Gasteiger charge is -2.09. The number of hydrogen-bond acceptors (Lipinski definition) is 7. The zero-order valence-electron chi connectivity index (χ0n) is 22.6. The number of amides is 2. The number of nitrogens with zero attached hydrogens (tertiary/aromatic N) is 3. The Labute approximate surface area is 237 Å². The van der Waals surface area contributed by atoms with Crippen molar-refractivity contribution in [3.8, 4) is 23.3 Å². The first-order valence-electron chi connectivity index (χ1n) is 12.8. The van der Waals surface area contributed by atoms with Crippen LogP contribution in [0.5, 0.6) is 11.5 Å². The maximum absolute atomic E-state index is 13.0. The predicted octanol–water partition coefficient (Wildman–Crippen LogP) is 5.18. The van der Waals surface area contributed by atoms with Gasteiger partial charge in [0, 0.05) is 54.1 Å². The minimum Gasteiger partial charge on any atom is -0.457 e. The van der Waals surface area contributed by atoms with Crippen molar-refractivity contribution in [2.24, 2.45) is 0 Å². The van der Waals surface area contributed by atoms with Crippen LogP contribution in [0.4, 0.5) is 11.5 Å². The molecule has 2 amide bonds. The molecule has 0 aliphatic carbocycles. The molecule has 0 saturated heterocycles. The molecule has 9 heteroatoms. The van der Waals surface area contributed by atoms with E-state index in [1.165, 1.54) is 19.6 Å². The SMILES string of the molecule is CNC(=O)c1cc(Oc2ccc(NC(=O)c3ccc(C)c(C#Cc4ccc5c(NC)ncnc5c4)c3)cc2)ccn1. The average Bonchev–Trinajstić information content (AvgIpc) is 3.00. The van der Waals surface area contributed by atoms with Gasteiger partial charge in [-0.3, -0.25) is 14.6 Å². The van der Waals surface area contributed by atoms with Gasteiger partial charge in [-0.15, -0.1) is 0 Å². The van der Waals surface area contributed by atoms with Gasteiger partial charge in [-0.25, -0.2) is 9.97 Å². The summed E-state index contributed by atoms with van der Waals surface area (Å²) in [5.74, 6) is 7.60. The number of pyridine rings is 1. The van der Waals surface area contributed by atoms with E-state index in [2.05, 4.69) is 42.7 Å². The Morgan fingerprint density at radius 2 is 1.63 bits per heavy atom. The second-order valence-corrected chi connectivity index (χ2v) is 9.02. The summed E-state index contributed by atoms with van der Waals surface area (Å²) in [6.07, 6.45) is 3.02. The first-order chi connectivity index (χ1) is 19.9. The molecule has 5 aromatic rings. The fourth-order valence-corrected chi connectivity index (χ4v) is 4.04. The molecule has 0 fully saturated rings.